The van der Waals surface area contributed by atoms with Gasteiger partial charge in [-0.1, -0.05) is 0 Å². The van der Waals surface area contributed by atoms with E-state index < -0.39 is 16.1 Å². The summed E-state index contributed by atoms with van der Waals surface area (Å²) in [6, 6.07) is -0.449. The van der Waals surface area contributed by atoms with Gasteiger partial charge in [-0.2, -0.15) is 4.31 Å². The number of hydrogen-bond donors (Lipinski definition) is 0. The largest absolute Gasteiger partial charge is 0.347 e. The van der Waals surface area contributed by atoms with Gasteiger partial charge >= 0.3 is 0 Å². The molecule has 0 aliphatic carbocycles. The third-order valence-electron chi connectivity index (χ3n) is 1.72. The molecule has 5 nitrogen and oxygen atoms in total. The molecule has 0 aromatic carbocycles. The van der Waals surface area contributed by atoms with E-state index in [1.165, 1.54) is 9.21 Å². The summed E-state index contributed by atoms with van der Waals surface area (Å²) in [5.41, 5.74) is 0. The molecule has 1 aliphatic rings. The van der Waals surface area contributed by atoms with E-state index >= 15 is 0 Å². The molecule has 1 saturated heterocycles. The Balaban J connectivity index is 2.60. The first kappa shape index (κ1) is 9.47. The maximum absolute atomic E-state index is 11.2. The Morgan fingerprint density at radius 3 is 2.25 bits per heavy atom. The summed E-state index contributed by atoms with van der Waals surface area (Å²) in [6.45, 7) is 0.329. The van der Waals surface area contributed by atoms with E-state index in [-0.39, 0.29) is 5.91 Å². The first-order valence-corrected chi connectivity index (χ1v) is 5.37. The lowest BCUT2D eigenvalue weighted by Gasteiger charge is -2.08. The Labute approximate surface area is 72.0 Å². The highest BCUT2D eigenvalue weighted by molar-refractivity contribution is 7.88. The van der Waals surface area contributed by atoms with Crippen LogP contribution in [0, 0.1) is 0 Å². The number of nitrogens with zero attached hydrogens (tertiary/aromatic N) is 2. The van der Waals surface area contributed by atoms with Crippen molar-refractivity contribution in [1.29, 1.82) is 0 Å². The van der Waals surface area contributed by atoms with Gasteiger partial charge in [0.2, 0.25) is 15.9 Å². The zero-order chi connectivity index (χ0) is 9.52. The van der Waals surface area contributed by atoms with E-state index in [0.29, 0.717) is 6.54 Å². The van der Waals surface area contributed by atoms with Crippen molar-refractivity contribution in [2.75, 3.05) is 26.9 Å². The molecule has 1 heterocycles. The molecule has 0 spiro atoms. The fourth-order valence-corrected chi connectivity index (χ4v) is 1.95. The van der Waals surface area contributed by atoms with Crippen LogP contribution in [-0.2, 0) is 14.8 Å². The van der Waals surface area contributed by atoms with Crippen molar-refractivity contribution in [2.45, 2.75) is 6.04 Å². The number of sulfonamides is 1. The maximum Gasteiger partial charge on any atom is 0.241 e. The predicted molar refractivity (Wildman–Crippen MR) is 44.0 cm³/mol. The summed E-state index contributed by atoms with van der Waals surface area (Å²) in [4.78, 5) is 12.6. The first-order chi connectivity index (χ1) is 5.34. The number of hydrogen-bond acceptors (Lipinski definition) is 3. The lowest BCUT2D eigenvalue weighted by Crippen LogP contribution is -2.29. The number of amides is 1. The summed E-state index contributed by atoms with van der Waals surface area (Å²) in [6.07, 6.45) is 1.11. The zero-order valence-corrected chi connectivity index (χ0v) is 8.13. The summed E-state index contributed by atoms with van der Waals surface area (Å²) in [7, 11) is 0.0529. The van der Waals surface area contributed by atoms with Gasteiger partial charge in [-0.05, 0) is 0 Å². The highest BCUT2D eigenvalue weighted by atomic mass is 32.2. The minimum atomic E-state index is -3.17. The second-order valence-electron chi connectivity index (χ2n) is 3.08. The van der Waals surface area contributed by atoms with Crippen LogP contribution >= 0.6 is 0 Å². The lowest BCUT2D eigenvalue weighted by molar-refractivity contribution is -0.128. The smallest absolute Gasteiger partial charge is 0.241 e. The van der Waals surface area contributed by atoms with Crippen molar-refractivity contribution >= 4 is 15.9 Å². The van der Waals surface area contributed by atoms with Crippen molar-refractivity contribution in [3.05, 3.63) is 0 Å². The van der Waals surface area contributed by atoms with Gasteiger partial charge in [-0.15, -0.1) is 0 Å². The van der Waals surface area contributed by atoms with Crippen molar-refractivity contribution in [3.63, 3.8) is 0 Å². The molecule has 0 radical (unpaired) electrons. The van der Waals surface area contributed by atoms with E-state index in [2.05, 4.69) is 0 Å². The molecule has 12 heavy (non-hydrogen) atoms. The third kappa shape index (κ3) is 1.75. The van der Waals surface area contributed by atoms with Crippen LogP contribution in [0.2, 0.25) is 0 Å². The highest BCUT2D eigenvalue weighted by Crippen LogP contribution is 2.22. The van der Waals surface area contributed by atoms with E-state index in [1.54, 1.807) is 14.1 Å². The average molecular weight is 192 g/mol. The number of carbonyl (C=O) groups is 1. The molecule has 0 bridgehead atoms. The predicted octanol–water partition coefficient (Wildman–Crippen LogP) is -1.28. The maximum atomic E-state index is 11.2. The molecule has 2 unspecified atom stereocenters. The zero-order valence-electron chi connectivity index (χ0n) is 7.31. The van der Waals surface area contributed by atoms with Crippen molar-refractivity contribution in [1.82, 2.24) is 9.21 Å². The Kier molecular flexibility index (Phi) is 2.13. The topological polar surface area (TPSA) is 57.5 Å². The van der Waals surface area contributed by atoms with Crippen LogP contribution in [0.25, 0.3) is 0 Å². The third-order valence-corrected chi connectivity index (χ3v) is 2.97. The fourth-order valence-electron chi connectivity index (χ4n) is 0.989. The SMILES string of the molecule is CN(C)C(=O)C1CN1S(C)(=O)=O. The molecule has 1 fully saturated rings. The minimum absolute atomic E-state index is 0.152. The summed E-state index contributed by atoms with van der Waals surface area (Å²) < 4.78 is 22.9. The average Bonchev–Trinajstić information content (AvgIpc) is 2.61. The second kappa shape index (κ2) is 2.70. The Bertz CT molecular complexity index is 296. The van der Waals surface area contributed by atoms with Gasteiger partial charge in [0.05, 0.1) is 6.26 Å². The van der Waals surface area contributed by atoms with Gasteiger partial charge < -0.3 is 4.90 Å². The number of rotatable bonds is 2. The molecule has 0 N–H and O–H groups in total. The summed E-state index contributed by atoms with van der Waals surface area (Å²) >= 11 is 0. The molecule has 0 aromatic heterocycles. The van der Waals surface area contributed by atoms with Crippen LogP contribution in [0.5, 0.6) is 0 Å². The molecule has 1 aliphatic heterocycles. The van der Waals surface area contributed by atoms with Crippen LogP contribution in [-0.4, -0.2) is 56.5 Å². The molecule has 70 valence electrons. The van der Waals surface area contributed by atoms with Gasteiger partial charge in [-0.3, -0.25) is 4.79 Å². The van der Waals surface area contributed by atoms with E-state index in [0.717, 1.165) is 6.26 Å². The van der Waals surface area contributed by atoms with Crippen LogP contribution in [0.4, 0.5) is 0 Å². The van der Waals surface area contributed by atoms with Gasteiger partial charge in [0.15, 0.2) is 0 Å². The Morgan fingerprint density at radius 1 is 1.50 bits per heavy atom. The highest BCUT2D eigenvalue weighted by Gasteiger charge is 2.47. The van der Waals surface area contributed by atoms with Gasteiger partial charge in [0.25, 0.3) is 0 Å². The lowest BCUT2D eigenvalue weighted by atomic mass is 10.4. The van der Waals surface area contributed by atoms with E-state index in [1.807, 2.05) is 0 Å². The Morgan fingerprint density at radius 2 is 2.00 bits per heavy atom. The Hall–Kier alpha value is -0.620. The quantitative estimate of drug-likeness (QED) is 0.512. The molecule has 0 saturated carbocycles. The fraction of sp³-hybridized carbons (Fsp3) is 0.833. The number of likely N-dealkylation sites (N-methyl/N-ethyl adjacent to an activating group) is 1. The van der Waals surface area contributed by atoms with Crippen LogP contribution in [0.3, 0.4) is 0 Å². The normalized spacial score (nSPS) is 28.2. The minimum Gasteiger partial charge on any atom is -0.347 e. The first-order valence-electron chi connectivity index (χ1n) is 3.52. The van der Waals surface area contributed by atoms with Crippen molar-refractivity contribution in [2.24, 2.45) is 0 Å². The van der Waals surface area contributed by atoms with Gasteiger partial charge in [-0.25, -0.2) is 8.42 Å². The van der Waals surface area contributed by atoms with Crippen LogP contribution in [0.1, 0.15) is 0 Å². The molecule has 2 atom stereocenters. The van der Waals surface area contributed by atoms with Crippen molar-refractivity contribution in [3.8, 4) is 0 Å². The molecular formula is C6H12N2O3S. The molecular weight excluding hydrogens is 180 g/mol. The van der Waals surface area contributed by atoms with Crippen molar-refractivity contribution < 1.29 is 13.2 Å². The van der Waals surface area contributed by atoms with Gasteiger partial charge in [0.1, 0.15) is 6.04 Å². The van der Waals surface area contributed by atoms with Crippen LogP contribution < -0.4 is 0 Å². The molecule has 6 heteroatoms. The van der Waals surface area contributed by atoms with Crippen LogP contribution in [0.15, 0.2) is 0 Å². The van der Waals surface area contributed by atoms with E-state index in [9.17, 15) is 13.2 Å². The van der Waals surface area contributed by atoms with E-state index in [4.69, 9.17) is 0 Å². The molecule has 0 aromatic rings. The van der Waals surface area contributed by atoms with Gasteiger partial charge in [0, 0.05) is 20.6 Å². The summed E-state index contributed by atoms with van der Waals surface area (Å²) in [5.74, 6) is -0.152. The second-order valence-corrected chi connectivity index (χ2v) is 5.02. The molecule has 1 amide bonds. The molecule has 1 rings (SSSR count). The standard InChI is InChI=1S/C6H12N2O3S/c1-7(2)6(9)5-4-8(5)12(3,10)11/h5H,4H2,1-3H3. The summed E-state index contributed by atoms with van der Waals surface area (Å²) in [5, 5.41) is 0. The monoisotopic (exact) mass is 192 g/mol. The number of carbonyl (C=O) groups excluding carboxylic acids is 1.